The van der Waals surface area contributed by atoms with Gasteiger partial charge in [-0.25, -0.2) is 8.42 Å². The van der Waals surface area contributed by atoms with Crippen LogP contribution in [0.2, 0.25) is 15.1 Å². The van der Waals surface area contributed by atoms with Crippen LogP contribution in [0.5, 0.6) is 0 Å². The number of hydrogen-bond acceptors (Lipinski definition) is 3. The average Bonchev–Trinajstić information content (AvgIpc) is 2.68. The Bertz CT molecular complexity index is 1070. The van der Waals surface area contributed by atoms with Gasteiger partial charge in [0.2, 0.25) is 15.9 Å². The zero-order valence-corrected chi connectivity index (χ0v) is 19.8. The van der Waals surface area contributed by atoms with Gasteiger partial charge < -0.3 is 5.32 Å². The Morgan fingerprint density at radius 3 is 2.33 bits per heavy atom. The van der Waals surface area contributed by atoms with Crippen molar-refractivity contribution in [1.29, 1.82) is 0 Å². The number of nitrogens with zero attached hydrogens (tertiary/aromatic N) is 1. The van der Waals surface area contributed by atoms with E-state index in [9.17, 15) is 13.2 Å². The summed E-state index contributed by atoms with van der Waals surface area (Å²) in [4.78, 5) is 12.7. The molecule has 0 saturated carbocycles. The number of benzene rings is 2. The molecule has 0 radical (unpaired) electrons. The Morgan fingerprint density at radius 2 is 1.67 bits per heavy atom. The number of carbonyl (C=O) groups is 1. The van der Waals surface area contributed by atoms with Crippen molar-refractivity contribution < 1.29 is 13.2 Å². The number of nitrogens with one attached hydrogen (secondary N) is 1. The van der Waals surface area contributed by atoms with Crippen LogP contribution in [-0.4, -0.2) is 27.1 Å². The number of aryl methyl sites for hydroxylation is 2. The minimum Gasteiger partial charge on any atom is -0.348 e. The van der Waals surface area contributed by atoms with Crippen molar-refractivity contribution in [1.82, 2.24) is 5.32 Å². The predicted octanol–water partition coefficient (Wildman–Crippen LogP) is 5.17. The van der Waals surface area contributed by atoms with E-state index < -0.39 is 22.5 Å². The number of hydrogen-bond donors (Lipinski definition) is 1. The fourth-order valence-electron chi connectivity index (χ4n) is 3.61. The largest absolute Gasteiger partial charge is 0.348 e. The first-order valence-electron chi connectivity index (χ1n) is 9.59. The van der Waals surface area contributed by atoms with Crippen LogP contribution in [0.15, 0.2) is 30.3 Å². The molecule has 0 bridgehead atoms. The van der Waals surface area contributed by atoms with Crippen LogP contribution in [0.3, 0.4) is 0 Å². The Morgan fingerprint density at radius 1 is 1.03 bits per heavy atom. The molecule has 1 aliphatic rings. The molecule has 3 rings (SSSR count). The second-order valence-electron chi connectivity index (χ2n) is 7.51. The van der Waals surface area contributed by atoms with Gasteiger partial charge in [0.1, 0.15) is 6.54 Å². The van der Waals surface area contributed by atoms with Crippen LogP contribution in [-0.2, 0) is 27.7 Å². The van der Waals surface area contributed by atoms with E-state index in [0.717, 1.165) is 29.0 Å². The van der Waals surface area contributed by atoms with Crippen molar-refractivity contribution in [3.05, 3.63) is 62.1 Å². The third-order valence-corrected chi connectivity index (χ3v) is 7.35. The van der Waals surface area contributed by atoms with E-state index in [1.807, 2.05) is 13.0 Å². The lowest BCUT2D eigenvalue weighted by Gasteiger charge is -2.25. The standard InChI is InChI=1S/C21H23Cl3N2O3S/c1-13(15-8-7-14-5-3-4-6-16(14)9-15)25-21(27)12-26(30(2,28)29)20-11-18(23)17(22)10-19(20)24/h7-11,13H,3-6,12H2,1-2H3,(H,25,27)/t13-/m0/s1. The fourth-order valence-corrected chi connectivity index (χ4v) is 5.16. The smallest absolute Gasteiger partial charge is 0.241 e. The van der Waals surface area contributed by atoms with E-state index >= 15 is 0 Å². The molecule has 0 heterocycles. The zero-order valence-electron chi connectivity index (χ0n) is 16.7. The summed E-state index contributed by atoms with van der Waals surface area (Å²) in [5, 5.41) is 3.31. The highest BCUT2D eigenvalue weighted by Crippen LogP contribution is 2.35. The summed E-state index contributed by atoms with van der Waals surface area (Å²) in [6, 6.07) is 8.68. The molecule has 0 unspecified atom stereocenters. The van der Waals surface area contributed by atoms with Gasteiger partial charge in [0.15, 0.2) is 0 Å². The Kier molecular flexibility index (Phi) is 7.23. The Hall–Kier alpha value is -1.47. The van der Waals surface area contributed by atoms with Crippen LogP contribution in [0.1, 0.15) is 42.5 Å². The quantitative estimate of drug-likeness (QED) is 0.569. The molecule has 0 fully saturated rings. The maximum absolute atomic E-state index is 12.7. The third-order valence-electron chi connectivity index (χ3n) is 5.20. The van der Waals surface area contributed by atoms with Crippen molar-refractivity contribution in [3.63, 3.8) is 0 Å². The Balaban J connectivity index is 1.78. The molecule has 1 N–H and O–H groups in total. The number of halogens is 3. The number of amides is 1. The lowest BCUT2D eigenvalue weighted by atomic mass is 9.89. The van der Waals surface area contributed by atoms with Gasteiger partial charge >= 0.3 is 0 Å². The number of sulfonamides is 1. The summed E-state index contributed by atoms with van der Waals surface area (Å²) in [5.41, 5.74) is 3.77. The number of fused-ring (bicyclic) bond motifs is 1. The fraction of sp³-hybridized carbons (Fsp3) is 0.381. The minimum absolute atomic E-state index is 0.0883. The number of anilines is 1. The summed E-state index contributed by atoms with van der Waals surface area (Å²) in [6.45, 7) is 1.45. The van der Waals surface area contributed by atoms with Gasteiger partial charge in [-0.05, 0) is 61.4 Å². The first-order chi connectivity index (χ1) is 14.1. The lowest BCUT2D eigenvalue weighted by Crippen LogP contribution is -2.41. The van der Waals surface area contributed by atoms with Gasteiger partial charge in [0.25, 0.3) is 0 Å². The number of carbonyl (C=O) groups excluding carboxylic acids is 1. The van der Waals surface area contributed by atoms with Gasteiger partial charge in [-0.15, -0.1) is 0 Å². The van der Waals surface area contributed by atoms with Crippen molar-refractivity contribution in [2.24, 2.45) is 0 Å². The SMILES string of the molecule is C[C@H](NC(=O)CN(c1cc(Cl)c(Cl)cc1Cl)S(C)(=O)=O)c1ccc2c(c1)CCCC2. The topological polar surface area (TPSA) is 66.5 Å². The Labute approximate surface area is 192 Å². The average molecular weight is 490 g/mol. The van der Waals surface area contributed by atoms with Gasteiger partial charge in [-0.3, -0.25) is 9.10 Å². The summed E-state index contributed by atoms with van der Waals surface area (Å²) >= 11 is 18.1. The van der Waals surface area contributed by atoms with Gasteiger partial charge in [-0.1, -0.05) is 53.0 Å². The van der Waals surface area contributed by atoms with Crippen LogP contribution < -0.4 is 9.62 Å². The van der Waals surface area contributed by atoms with Crippen LogP contribution in [0.25, 0.3) is 0 Å². The highest BCUT2D eigenvalue weighted by atomic mass is 35.5. The first kappa shape index (κ1) is 23.2. The van der Waals surface area contributed by atoms with Crippen molar-refractivity contribution in [3.8, 4) is 0 Å². The second kappa shape index (κ2) is 9.35. The van der Waals surface area contributed by atoms with Gasteiger partial charge in [-0.2, -0.15) is 0 Å². The van der Waals surface area contributed by atoms with Crippen molar-refractivity contribution in [2.75, 3.05) is 17.1 Å². The molecule has 1 aliphatic carbocycles. The summed E-state index contributed by atoms with van der Waals surface area (Å²) in [5.74, 6) is -0.451. The summed E-state index contributed by atoms with van der Waals surface area (Å²) < 4.78 is 25.6. The molecular formula is C21H23Cl3N2O3S. The van der Waals surface area contributed by atoms with Crippen LogP contribution in [0.4, 0.5) is 5.69 Å². The first-order valence-corrected chi connectivity index (χ1v) is 12.6. The maximum Gasteiger partial charge on any atom is 0.241 e. The molecule has 1 atom stereocenters. The minimum atomic E-state index is -3.79. The normalized spacial score (nSPS) is 14.7. The van der Waals surface area contributed by atoms with Crippen LogP contribution in [0, 0.1) is 0 Å². The van der Waals surface area contributed by atoms with Crippen molar-refractivity contribution >= 4 is 56.4 Å². The molecule has 162 valence electrons. The summed E-state index contributed by atoms with van der Waals surface area (Å²) in [6.07, 6.45) is 5.51. The molecule has 0 aliphatic heterocycles. The van der Waals surface area contributed by atoms with E-state index in [1.54, 1.807) is 0 Å². The van der Waals surface area contributed by atoms with E-state index in [0.29, 0.717) is 0 Å². The monoisotopic (exact) mass is 488 g/mol. The van der Waals surface area contributed by atoms with Gasteiger partial charge in [0, 0.05) is 0 Å². The van der Waals surface area contributed by atoms with Crippen LogP contribution >= 0.6 is 34.8 Å². The molecule has 5 nitrogen and oxygen atoms in total. The predicted molar refractivity (Wildman–Crippen MR) is 123 cm³/mol. The molecule has 2 aromatic carbocycles. The zero-order chi connectivity index (χ0) is 22.1. The highest BCUT2D eigenvalue weighted by molar-refractivity contribution is 7.92. The summed E-state index contributed by atoms with van der Waals surface area (Å²) in [7, 11) is -3.79. The lowest BCUT2D eigenvalue weighted by molar-refractivity contribution is -0.120. The second-order valence-corrected chi connectivity index (χ2v) is 10.6. The molecule has 0 aromatic heterocycles. The van der Waals surface area contributed by atoms with E-state index in [-0.39, 0.29) is 26.8 Å². The van der Waals surface area contributed by atoms with E-state index in [1.165, 1.54) is 36.1 Å². The van der Waals surface area contributed by atoms with E-state index in [2.05, 4.69) is 17.4 Å². The van der Waals surface area contributed by atoms with E-state index in [4.69, 9.17) is 34.8 Å². The molecule has 2 aromatic rings. The molecule has 1 amide bonds. The molecule has 0 saturated heterocycles. The maximum atomic E-state index is 12.7. The molecule has 30 heavy (non-hydrogen) atoms. The third kappa shape index (κ3) is 5.41. The molecular weight excluding hydrogens is 467 g/mol. The molecule has 9 heteroatoms. The molecule has 0 spiro atoms. The highest BCUT2D eigenvalue weighted by Gasteiger charge is 2.25. The number of rotatable bonds is 6. The van der Waals surface area contributed by atoms with Gasteiger partial charge in [0.05, 0.1) is 33.1 Å². The van der Waals surface area contributed by atoms with Crippen molar-refractivity contribution in [2.45, 2.75) is 38.6 Å².